The van der Waals surface area contributed by atoms with Gasteiger partial charge in [0.2, 0.25) is 0 Å². The number of nitrogens with zero attached hydrogens (tertiary/aromatic N) is 2. The third-order valence-electron chi connectivity index (χ3n) is 3.25. The predicted molar refractivity (Wildman–Crippen MR) is 93.5 cm³/mol. The highest BCUT2D eigenvalue weighted by molar-refractivity contribution is 7.13. The van der Waals surface area contributed by atoms with Gasteiger partial charge in [0, 0.05) is 42.5 Å². The predicted octanol–water partition coefficient (Wildman–Crippen LogP) is 2.52. The van der Waals surface area contributed by atoms with E-state index in [0.29, 0.717) is 18.5 Å². The molecule has 0 aliphatic carbocycles. The number of carbonyl (C=O) groups excluding carboxylic acids is 1. The van der Waals surface area contributed by atoms with Crippen molar-refractivity contribution < 1.29 is 4.79 Å². The van der Waals surface area contributed by atoms with Gasteiger partial charge in [-0.2, -0.15) is 0 Å². The van der Waals surface area contributed by atoms with E-state index in [1.165, 1.54) is 12.3 Å². The van der Waals surface area contributed by atoms with Crippen molar-refractivity contribution in [3.63, 3.8) is 0 Å². The van der Waals surface area contributed by atoms with Crippen LogP contribution < -0.4 is 10.9 Å². The van der Waals surface area contributed by atoms with E-state index in [4.69, 9.17) is 11.6 Å². The molecule has 0 aliphatic rings. The Labute approximate surface area is 146 Å². The molecular weight excluding hydrogens is 348 g/mol. The molecule has 0 radical (unpaired) electrons. The Morgan fingerprint density at radius 1 is 1.42 bits per heavy atom. The molecule has 0 fully saturated rings. The maximum atomic E-state index is 12.0. The van der Waals surface area contributed by atoms with Gasteiger partial charge < -0.3 is 10.3 Å². The van der Waals surface area contributed by atoms with E-state index in [2.05, 4.69) is 20.3 Å². The van der Waals surface area contributed by atoms with Crippen LogP contribution in [0.5, 0.6) is 0 Å². The zero-order chi connectivity index (χ0) is 16.9. The first-order valence-corrected chi connectivity index (χ1v) is 8.40. The number of aromatic amines is 1. The summed E-state index contributed by atoms with van der Waals surface area (Å²) >= 11 is 7.25. The van der Waals surface area contributed by atoms with E-state index in [9.17, 15) is 9.59 Å². The first-order chi connectivity index (χ1) is 11.6. The summed E-state index contributed by atoms with van der Waals surface area (Å²) in [5.74, 6) is -0.295. The molecule has 0 bridgehead atoms. The normalized spacial score (nSPS) is 10.5. The van der Waals surface area contributed by atoms with Gasteiger partial charge in [-0.3, -0.25) is 14.6 Å². The first-order valence-electron chi connectivity index (χ1n) is 7.15. The Morgan fingerprint density at radius 2 is 2.29 bits per heavy atom. The van der Waals surface area contributed by atoms with Gasteiger partial charge in [-0.05, 0) is 18.2 Å². The molecule has 8 heteroatoms. The highest BCUT2D eigenvalue weighted by Gasteiger charge is 2.09. The fourth-order valence-corrected chi connectivity index (χ4v) is 3.05. The molecule has 0 atom stereocenters. The fourth-order valence-electron chi connectivity index (χ4n) is 2.04. The molecule has 3 rings (SSSR count). The van der Waals surface area contributed by atoms with Crippen molar-refractivity contribution in [3.05, 3.63) is 68.8 Å². The summed E-state index contributed by atoms with van der Waals surface area (Å²) in [7, 11) is 0. The lowest BCUT2D eigenvalue weighted by Gasteiger charge is -2.04. The van der Waals surface area contributed by atoms with Gasteiger partial charge in [0.1, 0.15) is 10.0 Å². The van der Waals surface area contributed by atoms with Crippen LogP contribution >= 0.6 is 22.9 Å². The molecular formula is C16H13ClN4O2S. The molecule has 122 valence electrons. The van der Waals surface area contributed by atoms with E-state index in [-0.39, 0.29) is 10.9 Å². The molecule has 0 unspecified atom stereocenters. The van der Waals surface area contributed by atoms with Gasteiger partial charge >= 0.3 is 0 Å². The Morgan fingerprint density at radius 3 is 3.04 bits per heavy atom. The van der Waals surface area contributed by atoms with Crippen LogP contribution in [0.15, 0.2) is 47.0 Å². The molecule has 1 amide bonds. The van der Waals surface area contributed by atoms with Crippen molar-refractivity contribution >= 4 is 28.8 Å². The minimum atomic E-state index is -0.418. The van der Waals surface area contributed by atoms with Gasteiger partial charge in [0.05, 0.1) is 11.3 Å². The Kier molecular flexibility index (Phi) is 5.02. The summed E-state index contributed by atoms with van der Waals surface area (Å²) < 4.78 is 0. The summed E-state index contributed by atoms with van der Waals surface area (Å²) in [6.45, 7) is 0.436. The second-order valence-corrected chi connectivity index (χ2v) is 6.22. The topological polar surface area (TPSA) is 87.7 Å². The van der Waals surface area contributed by atoms with Crippen molar-refractivity contribution in [3.8, 4) is 10.6 Å². The number of amides is 1. The summed E-state index contributed by atoms with van der Waals surface area (Å²) in [5.41, 5.74) is 1.77. The molecule has 3 aromatic rings. The summed E-state index contributed by atoms with van der Waals surface area (Å²) in [5, 5.41) is 5.63. The van der Waals surface area contributed by atoms with Crippen LogP contribution in [0.2, 0.25) is 5.02 Å². The average Bonchev–Trinajstić information content (AvgIpc) is 3.07. The summed E-state index contributed by atoms with van der Waals surface area (Å²) in [4.78, 5) is 34.2. The number of carbonyl (C=O) groups is 1. The van der Waals surface area contributed by atoms with Crippen LogP contribution in [0.25, 0.3) is 10.6 Å². The van der Waals surface area contributed by atoms with E-state index in [1.807, 2.05) is 17.5 Å². The van der Waals surface area contributed by atoms with Crippen molar-refractivity contribution in [1.82, 2.24) is 20.3 Å². The van der Waals surface area contributed by atoms with Crippen molar-refractivity contribution in [1.29, 1.82) is 0 Å². The molecule has 0 saturated carbocycles. The second kappa shape index (κ2) is 7.37. The Balaban J connectivity index is 1.57. The first kappa shape index (κ1) is 16.4. The zero-order valence-corrected chi connectivity index (χ0v) is 14.0. The molecule has 0 spiro atoms. The maximum Gasteiger partial charge on any atom is 0.266 e. The number of aromatic nitrogens is 3. The highest BCUT2D eigenvalue weighted by Crippen LogP contribution is 2.22. The number of hydrogen-bond acceptors (Lipinski definition) is 5. The van der Waals surface area contributed by atoms with Crippen LogP contribution in [0.3, 0.4) is 0 Å². The van der Waals surface area contributed by atoms with E-state index in [1.54, 1.807) is 23.7 Å². The summed E-state index contributed by atoms with van der Waals surface area (Å²) in [6, 6.07) is 5.17. The smallest absolute Gasteiger partial charge is 0.266 e. The monoisotopic (exact) mass is 360 g/mol. The zero-order valence-electron chi connectivity index (χ0n) is 12.5. The fraction of sp³-hybridized carbons (Fsp3) is 0.125. The molecule has 2 N–H and O–H groups in total. The minimum absolute atomic E-state index is 0.0109. The SMILES string of the molecule is O=C(NCCc1csc(-c2cccnc2)n1)c1c[nH]c(=O)c(Cl)c1. The average molecular weight is 361 g/mol. The molecule has 24 heavy (non-hydrogen) atoms. The van der Waals surface area contributed by atoms with Crippen molar-refractivity contribution in [2.24, 2.45) is 0 Å². The van der Waals surface area contributed by atoms with E-state index in [0.717, 1.165) is 16.3 Å². The van der Waals surface area contributed by atoms with Gasteiger partial charge in [-0.15, -0.1) is 11.3 Å². The summed E-state index contributed by atoms with van der Waals surface area (Å²) in [6.07, 6.45) is 5.44. The number of thiazole rings is 1. The minimum Gasteiger partial charge on any atom is -0.352 e. The highest BCUT2D eigenvalue weighted by atomic mass is 35.5. The number of nitrogens with one attached hydrogen (secondary N) is 2. The van der Waals surface area contributed by atoms with E-state index >= 15 is 0 Å². The molecule has 0 aliphatic heterocycles. The van der Waals surface area contributed by atoms with Gasteiger partial charge in [-0.25, -0.2) is 4.98 Å². The third kappa shape index (κ3) is 3.87. The molecule has 0 aromatic carbocycles. The molecule has 3 heterocycles. The number of pyridine rings is 2. The quantitative estimate of drug-likeness (QED) is 0.731. The van der Waals surface area contributed by atoms with Crippen LogP contribution in [-0.2, 0) is 6.42 Å². The number of H-pyrrole nitrogens is 1. The van der Waals surface area contributed by atoms with E-state index < -0.39 is 5.56 Å². The molecule has 0 saturated heterocycles. The van der Waals surface area contributed by atoms with Crippen molar-refractivity contribution in [2.45, 2.75) is 6.42 Å². The van der Waals surface area contributed by atoms with Gasteiger partial charge in [0.25, 0.3) is 11.5 Å². The Hall–Kier alpha value is -2.51. The lowest BCUT2D eigenvalue weighted by molar-refractivity contribution is 0.0953. The Bertz CT molecular complexity index is 908. The largest absolute Gasteiger partial charge is 0.352 e. The lowest BCUT2D eigenvalue weighted by Crippen LogP contribution is -2.26. The van der Waals surface area contributed by atoms with Crippen molar-refractivity contribution in [2.75, 3.05) is 6.54 Å². The standard InChI is InChI=1S/C16H13ClN4O2S/c17-13-6-11(8-20-15(13)23)14(22)19-5-3-12-9-24-16(21-12)10-2-1-4-18-7-10/h1-2,4,6-9H,3,5H2,(H,19,22)(H,20,23). The van der Waals surface area contributed by atoms with Crippen LogP contribution in [0.4, 0.5) is 0 Å². The van der Waals surface area contributed by atoms with Crippen LogP contribution in [-0.4, -0.2) is 27.4 Å². The second-order valence-electron chi connectivity index (χ2n) is 4.96. The van der Waals surface area contributed by atoms with Crippen LogP contribution in [0.1, 0.15) is 16.1 Å². The number of rotatable bonds is 5. The third-order valence-corrected chi connectivity index (χ3v) is 4.47. The number of halogens is 1. The lowest BCUT2D eigenvalue weighted by atomic mass is 10.2. The maximum absolute atomic E-state index is 12.0. The van der Waals surface area contributed by atoms with Crippen LogP contribution in [0, 0.1) is 0 Å². The molecule has 6 nitrogen and oxygen atoms in total. The number of hydrogen-bond donors (Lipinski definition) is 2. The molecule has 3 aromatic heterocycles. The van der Waals surface area contributed by atoms with Gasteiger partial charge in [-0.1, -0.05) is 11.6 Å². The van der Waals surface area contributed by atoms with Gasteiger partial charge in [0.15, 0.2) is 0 Å².